The summed E-state index contributed by atoms with van der Waals surface area (Å²) in [7, 11) is 0. The van der Waals surface area contributed by atoms with Crippen LogP contribution in [-0.4, -0.2) is 16.5 Å². The first kappa shape index (κ1) is 13.1. The van der Waals surface area contributed by atoms with E-state index in [0.717, 1.165) is 30.4 Å². The maximum absolute atomic E-state index is 13.0. The van der Waals surface area contributed by atoms with Crippen molar-refractivity contribution in [1.29, 1.82) is 0 Å². The molecule has 6 heteroatoms. The topological polar surface area (TPSA) is 37.8 Å². The average molecular weight is 279 g/mol. The van der Waals surface area contributed by atoms with E-state index in [-0.39, 0.29) is 5.56 Å². The van der Waals surface area contributed by atoms with Gasteiger partial charge in [0.2, 0.25) is 0 Å². The molecule has 1 aliphatic rings. The predicted molar refractivity (Wildman–Crippen MR) is 67.9 cm³/mol. The molecule has 0 unspecified atom stereocenters. The summed E-state index contributed by atoms with van der Waals surface area (Å²) in [6.45, 7) is 1.48. The zero-order valence-electron chi connectivity index (χ0n) is 10.5. The third-order valence-electron chi connectivity index (χ3n) is 3.30. The molecule has 0 spiro atoms. The second-order valence-corrected chi connectivity index (χ2v) is 4.65. The van der Waals surface area contributed by atoms with E-state index >= 15 is 0 Å². The summed E-state index contributed by atoms with van der Waals surface area (Å²) in [5.74, 6) is 0. The van der Waals surface area contributed by atoms with Gasteiger partial charge in [0, 0.05) is 48.7 Å². The Bertz CT molecular complexity index is 638. The lowest BCUT2D eigenvalue weighted by atomic mass is 10.00. The van der Waals surface area contributed by atoms with E-state index < -0.39 is 11.9 Å². The normalized spacial score (nSPS) is 14.9. The molecule has 2 aromatic heterocycles. The van der Waals surface area contributed by atoms with E-state index in [9.17, 15) is 13.2 Å². The van der Waals surface area contributed by atoms with Gasteiger partial charge in [-0.1, -0.05) is 6.07 Å². The fourth-order valence-electron chi connectivity index (χ4n) is 2.36. The van der Waals surface area contributed by atoms with Crippen LogP contribution in [0.5, 0.6) is 0 Å². The van der Waals surface area contributed by atoms with Crippen molar-refractivity contribution in [2.24, 2.45) is 0 Å². The van der Waals surface area contributed by atoms with Gasteiger partial charge in [-0.3, -0.25) is 9.97 Å². The van der Waals surface area contributed by atoms with E-state index in [1.54, 1.807) is 6.07 Å². The summed E-state index contributed by atoms with van der Waals surface area (Å²) in [6, 6.07) is 4.69. The van der Waals surface area contributed by atoms with Gasteiger partial charge in [0.1, 0.15) is 0 Å². The maximum atomic E-state index is 13.0. The van der Waals surface area contributed by atoms with E-state index in [1.807, 2.05) is 0 Å². The van der Waals surface area contributed by atoms with Crippen molar-refractivity contribution < 1.29 is 13.2 Å². The van der Waals surface area contributed by atoms with Crippen molar-refractivity contribution in [1.82, 2.24) is 15.3 Å². The highest BCUT2D eigenvalue weighted by Crippen LogP contribution is 2.35. The highest BCUT2D eigenvalue weighted by Gasteiger charge is 2.35. The average Bonchev–Trinajstić information content (AvgIpc) is 2.46. The van der Waals surface area contributed by atoms with E-state index in [1.165, 1.54) is 18.3 Å². The number of nitrogens with zero attached hydrogens (tertiary/aromatic N) is 2. The minimum Gasteiger partial charge on any atom is -0.312 e. The Morgan fingerprint density at radius 2 is 2.05 bits per heavy atom. The lowest BCUT2D eigenvalue weighted by Crippen LogP contribution is -2.24. The molecule has 20 heavy (non-hydrogen) atoms. The van der Waals surface area contributed by atoms with Gasteiger partial charge in [-0.2, -0.15) is 13.2 Å². The predicted octanol–water partition coefficient (Wildman–Crippen LogP) is 2.81. The van der Waals surface area contributed by atoms with Crippen LogP contribution in [0.3, 0.4) is 0 Å². The third-order valence-corrected chi connectivity index (χ3v) is 3.30. The van der Waals surface area contributed by atoms with Gasteiger partial charge in [-0.15, -0.1) is 0 Å². The molecule has 0 atom stereocenters. The molecule has 0 saturated carbocycles. The van der Waals surface area contributed by atoms with Crippen LogP contribution in [0.25, 0.3) is 11.1 Å². The third kappa shape index (κ3) is 2.38. The fourth-order valence-corrected chi connectivity index (χ4v) is 2.36. The first-order chi connectivity index (χ1) is 9.55. The molecule has 104 valence electrons. The molecular weight excluding hydrogens is 267 g/mol. The summed E-state index contributed by atoms with van der Waals surface area (Å²) >= 11 is 0. The molecule has 0 radical (unpaired) electrons. The number of alkyl halides is 3. The molecule has 0 saturated heterocycles. The molecule has 1 N–H and O–H groups in total. The Balaban J connectivity index is 2.10. The van der Waals surface area contributed by atoms with Crippen molar-refractivity contribution >= 4 is 0 Å². The Hall–Kier alpha value is -1.95. The summed E-state index contributed by atoms with van der Waals surface area (Å²) in [5, 5.41) is 3.19. The molecule has 2 aromatic rings. The molecule has 0 aliphatic carbocycles. The monoisotopic (exact) mass is 279 g/mol. The summed E-state index contributed by atoms with van der Waals surface area (Å²) < 4.78 is 38.9. The van der Waals surface area contributed by atoms with E-state index in [2.05, 4.69) is 15.3 Å². The SMILES string of the molecule is FC(F)(F)c1ncccc1-c1cnc2c(c1)CNCC2. The van der Waals surface area contributed by atoms with Crippen LogP contribution < -0.4 is 5.32 Å². The van der Waals surface area contributed by atoms with Crippen molar-refractivity contribution in [2.75, 3.05) is 6.54 Å². The van der Waals surface area contributed by atoms with Crippen LogP contribution in [-0.2, 0) is 19.1 Å². The summed E-state index contributed by atoms with van der Waals surface area (Å²) in [4.78, 5) is 7.75. The van der Waals surface area contributed by atoms with E-state index in [0.29, 0.717) is 12.1 Å². The number of nitrogens with one attached hydrogen (secondary N) is 1. The minimum absolute atomic E-state index is 0.0703. The molecule has 0 fully saturated rings. The van der Waals surface area contributed by atoms with Gasteiger partial charge >= 0.3 is 6.18 Å². The van der Waals surface area contributed by atoms with Crippen LogP contribution in [0.4, 0.5) is 13.2 Å². The first-order valence-electron chi connectivity index (χ1n) is 6.27. The Labute approximate surface area is 113 Å². The lowest BCUT2D eigenvalue weighted by Gasteiger charge is -2.18. The first-order valence-corrected chi connectivity index (χ1v) is 6.27. The molecular formula is C14H12F3N3. The second-order valence-electron chi connectivity index (χ2n) is 4.65. The van der Waals surface area contributed by atoms with Gasteiger partial charge in [0.15, 0.2) is 5.69 Å². The van der Waals surface area contributed by atoms with Crippen LogP contribution >= 0.6 is 0 Å². The van der Waals surface area contributed by atoms with Gasteiger partial charge in [0.05, 0.1) is 0 Å². The largest absolute Gasteiger partial charge is 0.433 e. The highest BCUT2D eigenvalue weighted by atomic mass is 19.4. The molecule has 3 rings (SSSR count). The summed E-state index contributed by atoms with van der Waals surface area (Å²) in [6.07, 6.45) is -1.02. The number of hydrogen-bond donors (Lipinski definition) is 1. The van der Waals surface area contributed by atoms with Crippen LogP contribution in [0.15, 0.2) is 30.6 Å². The number of aromatic nitrogens is 2. The van der Waals surface area contributed by atoms with Crippen LogP contribution in [0.2, 0.25) is 0 Å². The Morgan fingerprint density at radius 3 is 2.85 bits per heavy atom. The molecule has 0 bridgehead atoms. The van der Waals surface area contributed by atoms with Crippen molar-refractivity contribution in [3.8, 4) is 11.1 Å². The fraction of sp³-hybridized carbons (Fsp3) is 0.286. The molecule has 0 amide bonds. The van der Waals surface area contributed by atoms with Crippen molar-refractivity contribution in [3.63, 3.8) is 0 Å². The van der Waals surface area contributed by atoms with Crippen molar-refractivity contribution in [3.05, 3.63) is 47.5 Å². The quantitative estimate of drug-likeness (QED) is 0.872. The van der Waals surface area contributed by atoms with Crippen LogP contribution in [0.1, 0.15) is 17.0 Å². The Morgan fingerprint density at radius 1 is 1.20 bits per heavy atom. The number of rotatable bonds is 1. The molecule has 3 nitrogen and oxygen atoms in total. The zero-order chi connectivity index (χ0) is 14.2. The minimum atomic E-state index is -4.47. The number of halogens is 3. The summed E-state index contributed by atoms with van der Waals surface area (Å²) in [5.41, 5.74) is 1.55. The number of fused-ring (bicyclic) bond motifs is 1. The Kier molecular flexibility index (Phi) is 3.17. The standard InChI is InChI=1S/C14H12F3N3/c15-14(16,17)13-11(2-1-4-19-13)9-6-10-7-18-5-3-12(10)20-8-9/h1-2,4,6,8,18H,3,5,7H2. The second kappa shape index (κ2) is 4.86. The number of hydrogen-bond acceptors (Lipinski definition) is 3. The van der Waals surface area contributed by atoms with E-state index in [4.69, 9.17) is 0 Å². The smallest absolute Gasteiger partial charge is 0.312 e. The van der Waals surface area contributed by atoms with Gasteiger partial charge in [-0.05, 0) is 17.7 Å². The van der Waals surface area contributed by atoms with Gasteiger partial charge in [0.25, 0.3) is 0 Å². The number of pyridine rings is 2. The highest BCUT2D eigenvalue weighted by molar-refractivity contribution is 5.66. The lowest BCUT2D eigenvalue weighted by molar-refractivity contribution is -0.140. The zero-order valence-corrected chi connectivity index (χ0v) is 10.5. The van der Waals surface area contributed by atoms with Crippen LogP contribution in [0, 0.1) is 0 Å². The molecule has 1 aliphatic heterocycles. The molecule has 0 aromatic carbocycles. The molecule has 3 heterocycles. The van der Waals surface area contributed by atoms with Crippen molar-refractivity contribution in [2.45, 2.75) is 19.1 Å². The van der Waals surface area contributed by atoms with Gasteiger partial charge < -0.3 is 5.32 Å². The van der Waals surface area contributed by atoms with Gasteiger partial charge in [-0.25, -0.2) is 0 Å². The maximum Gasteiger partial charge on any atom is 0.433 e.